The van der Waals surface area contributed by atoms with Crippen LogP contribution in [0, 0.1) is 5.92 Å². The van der Waals surface area contributed by atoms with E-state index in [1.807, 2.05) is 20.8 Å². The summed E-state index contributed by atoms with van der Waals surface area (Å²) in [5.74, 6) is -3.22. The molecule has 1 saturated heterocycles. The number of alkyl halides is 2. The number of hydrogen-bond donors (Lipinski definition) is 0. The lowest BCUT2D eigenvalue weighted by molar-refractivity contribution is -0.166. The maximum atomic E-state index is 12.9. The quantitative estimate of drug-likeness (QED) is 0.792. The molecular formula is C14H23F2NO2. The Labute approximate surface area is 113 Å². The summed E-state index contributed by atoms with van der Waals surface area (Å²) in [6, 6.07) is 0.121. The van der Waals surface area contributed by atoms with Gasteiger partial charge in [-0.25, -0.2) is 8.78 Å². The maximum Gasteiger partial charge on any atom is 0.249 e. The van der Waals surface area contributed by atoms with Crippen molar-refractivity contribution in [2.24, 2.45) is 5.92 Å². The molecule has 5 heteroatoms. The summed E-state index contributed by atoms with van der Waals surface area (Å²) in [5, 5.41) is 0. The van der Waals surface area contributed by atoms with Gasteiger partial charge in [-0.3, -0.25) is 4.79 Å². The lowest BCUT2D eigenvalue weighted by Crippen LogP contribution is -2.53. The highest BCUT2D eigenvalue weighted by atomic mass is 19.3. The van der Waals surface area contributed by atoms with Crippen LogP contribution in [0.25, 0.3) is 0 Å². The van der Waals surface area contributed by atoms with Crippen molar-refractivity contribution in [2.45, 2.75) is 64.0 Å². The largest absolute Gasteiger partial charge is 0.375 e. The third kappa shape index (κ3) is 3.25. The third-order valence-electron chi connectivity index (χ3n) is 4.17. The zero-order chi connectivity index (χ0) is 14.3. The van der Waals surface area contributed by atoms with Crippen LogP contribution in [-0.4, -0.2) is 41.5 Å². The fraction of sp³-hybridized carbons (Fsp3) is 0.929. The molecule has 0 aromatic rings. The smallest absolute Gasteiger partial charge is 0.249 e. The van der Waals surface area contributed by atoms with Crippen molar-refractivity contribution in [3.05, 3.63) is 0 Å². The second-order valence-electron chi connectivity index (χ2n) is 6.34. The van der Waals surface area contributed by atoms with Gasteiger partial charge in [0, 0.05) is 38.0 Å². The summed E-state index contributed by atoms with van der Waals surface area (Å²) in [7, 11) is 0. The van der Waals surface area contributed by atoms with Crippen molar-refractivity contribution >= 4 is 5.91 Å². The van der Waals surface area contributed by atoms with Crippen LogP contribution in [0.15, 0.2) is 0 Å². The number of amides is 1. The van der Waals surface area contributed by atoms with Gasteiger partial charge in [-0.2, -0.15) is 0 Å². The van der Waals surface area contributed by atoms with Crippen molar-refractivity contribution in [3.8, 4) is 0 Å². The number of rotatable bonds is 3. The fourth-order valence-electron chi connectivity index (χ4n) is 3.13. The third-order valence-corrected chi connectivity index (χ3v) is 4.17. The molecule has 1 aliphatic heterocycles. The van der Waals surface area contributed by atoms with Crippen molar-refractivity contribution < 1.29 is 18.3 Å². The average Bonchev–Trinajstić information content (AvgIpc) is 2.25. The first-order valence-electron chi connectivity index (χ1n) is 7.06. The van der Waals surface area contributed by atoms with Crippen molar-refractivity contribution in [2.75, 3.05) is 13.2 Å². The van der Waals surface area contributed by atoms with E-state index in [0.29, 0.717) is 13.2 Å². The molecule has 1 amide bonds. The summed E-state index contributed by atoms with van der Waals surface area (Å²) >= 11 is 0. The van der Waals surface area contributed by atoms with Gasteiger partial charge in [0.2, 0.25) is 11.8 Å². The topological polar surface area (TPSA) is 29.5 Å². The van der Waals surface area contributed by atoms with E-state index in [4.69, 9.17) is 4.74 Å². The number of nitrogens with zero attached hydrogens (tertiary/aromatic N) is 1. The lowest BCUT2D eigenvalue weighted by Gasteiger charge is -2.44. The first-order chi connectivity index (χ1) is 8.74. The van der Waals surface area contributed by atoms with Crippen molar-refractivity contribution in [1.82, 2.24) is 4.90 Å². The van der Waals surface area contributed by atoms with Gasteiger partial charge in [0.25, 0.3) is 0 Å². The summed E-state index contributed by atoms with van der Waals surface area (Å²) < 4.78 is 31.4. The number of ether oxygens (including phenoxy) is 1. The number of hydrogen-bond acceptors (Lipinski definition) is 2. The van der Waals surface area contributed by atoms with E-state index < -0.39 is 11.8 Å². The van der Waals surface area contributed by atoms with E-state index in [9.17, 15) is 13.6 Å². The Bertz CT molecular complexity index is 349. The highest BCUT2D eigenvalue weighted by Gasteiger charge is 2.50. The molecule has 0 N–H and O–H groups in total. The van der Waals surface area contributed by atoms with Gasteiger partial charge in [0.15, 0.2) is 0 Å². The zero-order valence-electron chi connectivity index (χ0n) is 11.9. The standard InChI is InChI=1S/C14H23F2NO2/c1-4-17(11-5-6-19-13(2,3)9-11)12(18)10-7-14(15,16)8-10/h10-11H,4-9H2,1-3H3. The summed E-state index contributed by atoms with van der Waals surface area (Å²) in [6.45, 7) is 7.14. The van der Waals surface area contributed by atoms with Crippen LogP contribution in [0.3, 0.4) is 0 Å². The molecule has 0 bridgehead atoms. The summed E-state index contributed by atoms with van der Waals surface area (Å²) in [4.78, 5) is 14.1. The Morgan fingerprint density at radius 3 is 2.42 bits per heavy atom. The van der Waals surface area contributed by atoms with E-state index in [1.165, 1.54) is 0 Å². The molecule has 19 heavy (non-hydrogen) atoms. The second-order valence-corrected chi connectivity index (χ2v) is 6.34. The monoisotopic (exact) mass is 275 g/mol. The maximum absolute atomic E-state index is 12.9. The normalized spacial score (nSPS) is 29.6. The van der Waals surface area contributed by atoms with Crippen LogP contribution in [0.4, 0.5) is 8.78 Å². The molecule has 0 spiro atoms. The Balaban J connectivity index is 1.98. The summed E-state index contributed by atoms with van der Waals surface area (Å²) in [5.41, 5.74) is -0.236. The predicted octanol–water partition coefficient (Wildman–Crippen LogP) is 2.84. The Kier molecular flexibility index (Phi) is 3.87. The lowest BCUT2D eigenvalue weighted by atomic mass is 9.79. The highest BCUT2D eigenvalue weighted by Crippen LogP contribution is 2.43. The Morgan fingerprint density at radius 2 is 1.95 bits per heavy atom. The minimum absolute atomic E-state index is 0.101. The van der Waals surface area contributed by atoms with E-state index in [2.05, 4.69) is 0 Å². The number of carbonyl (C=O) groups excluding carboxylic acids is 1. The molecule has 0 aromatic carbocycles. The SMILES string of the molecule is CCN(C(=O)C1CC(F)(F)C1)C1CCOC(C)(C)C1. The van der Waals surface area contributed by atoms with Crippen LogP contribution in [0.5, 0.6) is 0 Å². The van der Waals surface area contributed by atoms with Gasteiger partial charge < -0.3 is 9.64 Å². The molecule has 3 nitrogen and oxygen atoms in total. The predicted molar refractivity (Wildman–Crippen MR) is 68.1 cm³/mol. The van der Waals surface area contributed by atoms with Gasteiger partial charge in [-0.15, -0.1) is 0 Å². The molecule has 0 aromatic heterocycles. The van der Waals surface area contributed by atoms with Crippen LogP contribution < -0.4 is 0 Å². The Hall–Kier alpha value is -0.710. The molecule has 1 unspecified atom stereocenters. The molecule has 2 aliphatic rings. The molecule has 1 aliphatic carbocycles. The van der Waals surface area contributed by atoms with Crippen LogP contribution >= 0.6 is 0 Å². The van der Waals surface area contributed by atoms with Crippen LogP contribution in [0.2, 0.25) is 0 Å². The molecule has 1 heterocycles. The van der Waals surface area contributed by atoms with Gasteiger partial charge in [-0.1, -0.05) is 0 Å². The molecular weight excluding hydrogens is 252 g/mol. The first kappa shape index (κ1) is 14.7. The van der Waals surface area contributed by atoms with Gasteiger partial charge in [-0.05, 0) is 33.6 Å². The molecule has 0 radical (unpaired) electrons. The molecule has 1 saturated carbocycles. The van der Waals surface area contributed by atoms with Crippen LogP contribution in [0.1, 0.15) is 46.5 Å². The van der Waals surface area contributed by atoms with Gasteiger partial charge in [0.05, 0.1) is 5.60 Å². The van der Waals surface area contributed by atoms with E-state index >= 15 is 0 Å². The Morgan fingerprint density at radius 1 is 1.32 bits per heavy atom. The number of halogens is 2. The molecule has 1 atom stereocenters. The minimum Gasteiger partial charge on any atom is -0.375 e. The van der Waals surface area contributed by atoms with E-state index in [0.717, 1.165) is 12.8 Å². The fourth-order valence-corrected chi connectivity index (χ4v) is 3.13. The van der Waals surface area contributed by atoms with Crippen LogP contribution in [-0.2, 0) is 9.53 Å². The zero-order valence-corrected chi connectivity index (χ0v) is 11.9. The summed E-state index contributed by atoms with van der Waals surface area (Å²) in [6.07, 6.45) is 1.01. The molecule has 2 rings (SSSR count). The first-order valence-corrected chi connectivity index (χ1v) is 7.06. The van der Waals surface area contributed by atoms with E-state index in [-0.39, 0.29) is 30.4 Å². The van der Waals surface area contributed by atoms with E-state index in [1.54, 1.807) is 4.90 Å². The van der Waals surface area contributed by atoms with Gasteiger partial charge >= 0.3 is 0 Å². The average molecular weight is 275 g/mol. The highest BCUT2D eigenvalue weighted by molar-refractivity contribution is 5.80. The second kappa shape index (κ2) is 5.00. The van der Waals surface area contributed by atoms with Gasteiger partial charge in [0.1, 0.15) is 0 Å². The molecule has 110 valence electrons. The van der Waals surface area contributed by atoms with Crippen molar-refractivity contribution in [1.29, 1.82) is 0 Å². The van der Waals surface area contributed by atoms with Crippen molar-refractivity contribution in [3.63, 3.8) is 0 Å². The molecule has 2 fully saturated rings. The minimum atomic E-state index is -2.63. The number of carbonyl (C=O) groups is 1.